The molecule has 2 aliphatic rings. The number of carbonyl (C=O) groups excluding carboxylic acids is 4. The van der Waals surface area contributed by atoms with Crippen molar-refractivity contribution in [3.63, 3.8) is 0 Å². The Bertz CT molecular complexity index is 755. The number of aldehydes is 1. The molecular weight excluding hydrogens is 464 g/mol. The van der Waals surface area contributed by atoms with Crippen LogP contribution in [0.4, 0.5) is 0 Å². The maximum absolute atomic E-state index is 13.5. The number of carboxylic acids is 1. The quantitative estimate of drug-likeness (QED) is 0.337. The molecule has 0 aromatic heterocycles. The molecule has 2 fully saturated rings. The second-order valence-corrected chi connectivity index (χ2v) is 10.2. The van der Waals surface area contributed by atoms with E-state index in [0.29, 0.717) is 31.7 Å². The smallest absolute Gasteiger partial charge is 0.305 e. The molecule has 1 aliphatic carbocycles. The van der Waals surface area contributed by atoms with Crippen molar-refractivity contribution in [2.45, 2.75) is 96.1 Å². The third kappa shape index (κ3) is 9.28. The van der Waals surface area contributed by atoms with Crippen molar-refractivity contribution < 1.29 is 29.1 Å². The number of imide groups is 1. The molecule has 3 atom stereocenters. The van der Waals surface area contributed by atoms with Gasteiger partial charge < -0.3 is 25.9 Å². The zero-order valence-electron chi connectivity index (χ0n) is 21.7. The van der Waals surface area contributed by atoms with Crippen molar-refractivity contribution in [1.82, 2.24) is 15.1 Å². The van der Waals surface area contributed by atoms with Crippen molar-refractivity contribution in [3.8, 4) is 0 Å². The highest BCUT2D eigenvalue weighted by atomic mass is 16.4. The van der Waals surface area contributed by atoms with Crippen molar-refractivity contribution in [2.24, 2.45) is 17.6 Å². The third-order valence-electron chi connectivity index (χ3n) is 7.53. The molecule has 2 unspecified atom stereocenters. The van der Waals surface area contributed by atoms with Gasteiger partial charge in [0, 0.05) is 24.9 Å². The van der Waals surface area contributed by atoms with E-state index in [1.165, 1.54) is 4.90 Å². The molecule has 10 heteroatoms. The fourth-order valence-electron chi connectivity index (χ4n) is 5.38. The molecule has 10 nitrogen and oxygen atoms in total. The van der Waals surface area contributed by atoms with Gasteiger partial charge in [-0.05, 0) is 64.5 Å². The number of likely N-dealkylation sites (N-methyl/N-ethyl adjacent to an activating group) is 1. The normalized spacial score (nSPS) is 22.1. The van der Waals surface area contributed by atoms with E-state index in [9.17, 15) is 24.0 Å². The molecule has 3 amide bonds. The van der Waals surface area contributed by atoms with Crippen molar-refractivity contribution >= 4 is 30.0 Å². The topological polar surface area (TPSA) is 150 Å². The van der Waals surface area contributed by atoms with E-state index in [4.69, 9.17) is 10.8 Å². The lowest BCUT2D eigenvalue weighted by Crippen LogP contribution is -2.57. The van der Waals surface area contributed by atoms with Crippen LogP contribution in [0.2, 0.25) is 0 Å². The first-order valence-electron chi connectivity index (χ1n) is 13.6. The fourth-order valence-corrected chi connectivity index (χ4v) is 5.38. The van der Waals surface area contributed by atoms with Crippen LogP contribution in [-0.2, 0) is 24.0 Å². The van der Waals surface area contributed by atoms with Crippen LogP contribution in [0, 0.1) is 11.8 Å². The van der Waals surface area contributed by atoms with Gasteiger partial charge in [0.05, 0.1) is 12.5 Å². The molecule has 0 spiro atoms. The summed E-state index contributed by atoms with van der Waals surface area (Å²) in [5, 5.41) is 12.5. The number of hydrogen-bond donors (Lipinski definition) is 3. The largest absolute Gasteiger partial charge is 0.481 e. The third-order valence-corrected chi connectivity index (χ3v) is 7.53. The Morgan fingerprint density at radius 3 is 2.31 bits per heavy atom. The van der Waals surface area contributed by atoms with Crippen LogP contribution in [0.15, 0.2) is 0 Å². The van der Waals surface area contributed by atoms with Gasteiger partial charge in [-0.1, -0.05) is 25.7 Å². The summed E-state index contributed by atoms with van der Waals surface area (Å²) in [4.78, 5) is 65.3. The van der Waals surface area contributed by atoms with E-state index in [2.05, 4.69) is 5.32 Å². The second-order valence-electron chi connectivity index (χ2n) is 10.2. The molecule has 1 saturated carbocycles. The molecule has 0 aromatic carbocycles. The molecule has 1 aliphatic heterocycles. The van der Waals surface area contributed by atoms with Gasteiger partial charge in [-0.25, -0.2) is 0 Å². The van der Waals surface area contributed by atoms with Crippen LogP contribution in [0.5, 0.6) is 0 Å². The number of nitrogens with zero attached hydrogens (tertiary/aromatic N) is 2. The molecular formula is C26H44N4O6. The highest BCUT2D eigenvalue weighted by Gasteiger charge is 2.38. The Morgan fingerprint density at radius 1 is 1.03 bits per heavy atom. The van der Waals surface area contributed by atoms with Crippen LogP contribution >= 0.6 is 0 Å². The first-order valence-corrected chi connectivity index (χ1v) is 13.6. The number of piperidine rings is 1. The fraction of sp³-hybridized carbons (Fsp3) is 0.808. The average Bonchev–Trinajstić information content (AvgIpc) is 2.84. The minimum Gasteiger partial charge on any atom is -0.481 e. The van der Waals surface area contributed by atoms with Crippen molar-refractivity contribution in [3.05, 3.63) is 0 Å². The van der Waals surface area contributed by atoms with Crippen LogP contribution < -0.4 is 11.1 Å². The van der Waals surface area contributed by atoms with Crippen LogP contribution in [0.3, 0.4) is 0 Å². The summed E-state index contributed by atoms with van der Waals surface area (Å²) in [5.41, 5.74) is 5.88. The number of nitrogens with two attached hydrogens (primary N) is 1. The first kappa shape index (κ1) is 29.9. The van der Waals surface area contributed by atoms with Crippen LogP contribution in [-0.4, -0.2) is 83.1 Å². The molecule has 36 heavy (non-hydrogen) atoms. The molecule has 1 saturated heterocycles. The van der Waals surface area contributed by atoms with Gasteiger partial charge in [0.1, 0.15) is 12.8 Å². The van der Waals surface area contributed by atoms with E-state index in [1.807, 2.05) is 0 Å². The molecule has 2 rings (SSSR count). The number of amides is 3. The summed E-state index contributed by atoms with van der Waals surface area (Å²) in [7, 11) is 0. The van der Waals surface area contributed by atoms with E-state index >= 15 is 0 Å². The molecule has 204 valence electrons. The van der Waals surface area contributed by atoms with Crippen LogP contribution in [0.1, 0.15) is 84.0 Å². The molecule has 4 N–H and O–H groups in total. The number of carbonyl (C=O) groups is 5. The maximum atomic E-state index is 13.5. The highest BCUT2D eigenvalue weighted by Crippen LogP contribution is 2.27. The van der Waals surface area contributed by atoms with Gasteiger partial charge in [-0.3, -0.25) is 24.1 Å². The number of nitrogens with one attached hydrogen (secondary N) is 1. The summed E-state index contributed by atoms with van der Waals surface area (Å²) in [6.45, 7) is 3.81. The Hall–Kier alpha value is -2.33. The number of carboxylic acid groups (broad SMARTS) is 1. The molecule has 0 radical (unpaired) electrons. The lowest BCUT2D eigenvalue weighted by molar-refractivity contribution is -0.155. The van der Waals surface area contributed by atoms with Crippen LogP contribution in [0.25, 0.3) is 0 Å². The van der Waals surface area contributed by atoms with E-state index in [-0.39, 0.29) is 12.5 Å². The predicted octanol–water partition coefficient (Wildman–Crippen LogP) is 1.70. The monoisotopic (exact) mass is 508 g/mol. The van der Waals surface area contributed by atoms with Gasteiger partial charge in [-0.15, -0.1) is 0 Å². The number of hydrogen-bond acceptors (Lipinski definition) is 7. The minimum atomic E-state index is -1.40. The van der Waals surface area contributed by atoms with E-state index < -0.39 is 42.2 Å². The lowest BCUT2D eigenvalue weighted by atomic mass is 9.86. The zero-order chi connectivity index (χ0) is 26.5. The molecule has 1 heterocycles. The first-order chi connectivity index (χ1) is 17.3. The Labute approximate surface area is 214 Å². The van der Waals surface area contributed by atoms with Gasteiger partial charge in [0.15, 0.2) is 0 Å². The Kier molecular flexibility index (Phi) is 13.0. The van der Waals surface area contributed by atoms with Gasteiger partial charge >= 0.3 is 5.97 Å². The summed E-state index contributed by atoms with van der Waals surface area (Å²) < 4.78 is 0. The Morgan fingerprint density at radius 2 is 1.69 bits per heavy atom. The van der Waals surface area contributed by atoms with Gasteiger partial charge in [0.2, 0.25) is 17.7 Å². The zero-order valence-corrected chi connectivity index (χ0v) is 21.7. The summed E-state index contributed by atoms with van der Waals surface area (Å²) in [6.07, 6.45) is 8.90. The van der Waals surface area contributed by atoms with Crippen molar-refractivity contribution in [2.75, 3.05) is 26.2 Å². The molecule has 0 bridgehead atoms. The van der Waals surface area contributed by atoms with Crippen molar-refractivity contribution in [1.29, 1.82) is 0 Å². The minimum absolute atomic E-state index is 0.147. The summed E-state index contributed by atoms with van der Waals surface area (Å²) in [6, 6.07) is -2.09. The second kappa shape index (κ2) is 15.7. The lowest BCUT2D eigenvalue weighted by Gasteiger charge is -2.37. The summed E-state index contributed by atoms with van der Waals surface area (Å²) in [5.74, 6) is -2.72. The van der Waals surface area contributed by atoms with E-state index in [1.54, 1.807) is 6.92 Å². The SMILES string of the molecule is CCN(CC(=O)N(C(=O)[C@@H](N)CC(=O)O)C1CCCCCCC1C=O)C(=O)CCCC1CCNCC1. The predicted molar refractivity (Wildman–Crippen MR) is 135 cm³/mol. The standard InChI is InChI=1S/C26H44N4O6/c1-2-29(23(32)11-7-8-19-12-14-28-15-13-19)17-24(33)30(26(36)21(27)16-25(34)35)22-10-6-4-3-5-9-20(22)18-31/h18-22,28H,2-17,27H2,1H3,(H,34,35)/t20?,21-,22?/m0/s1. The van der Waals surface area contributed by atoms with E-state index in [0.717, 1.165) is 75.6 Å². The maximum Gasteiger partial charge on any atom is 0.305 e. The highest BCUT2D eigenvalue weighted by molar-refractivity contribution is 6.01. The van der Waals surface area contributed by atoms with Gasteiger partial charge in [-0.2, -0.15) is 0 Å². The number of rotatable bonds is 12. The molecule has 0 aromatic rings. The average molecular weight is 509 g/mol. The summed E-state index contributed by atoms with van der Waals surface area (Å²) >= 11 is 0. The van der Waals surface area contributed by atoms with Gasteiger partial charge in [0.25, 0.3) is 0 Å². The number of aliphatic carboxylic acids is 1. The Balaban J connectivity index is 2.13.